The van der Waals surface area contributed by atoms with Gasteiger partial charge in [0, 0.05) is 13.2 Å². The van der Waals surface area contributed by atoms with Crippen LogP contribution in [0.25, 0.3) is 0 Å². The van der Waals surface area contributed by atoms with Gasteiger partial charge >= 0.3 is 0 Å². The van der Waals surface area contributed by atoms with E-state index in [1.165, 1.54) is 6.92 Å². The van der Waals surface area contributed by atoms with Crippen LogP contribution < -0.4 is 0 Å². The van der Waals surface area contributed by atoms with Gasteiger partial charge in [-0.05, 0) is 20.8 Å². The highest BCUT2D eigenvalue weighted by Crippen LogP contribution is 2.05. The molecule has 0 saturated heterocycles. The van der Waals surface area contributed by atoms with Gasteiger partial charge in [-0.2, -0.15) is 0 Å². The molecule has 2 N–H and O–H groups in total. The van der Waals surface area contributed by atoms with Gasteiger partial charge in [0.15, 0.2) is 6.29 Å². The second-order valence-electron chi connectivity index (χ2n) is 2.51. The minimum Gasteiger partial charge on any atom is -0.391 e. The Labute approximate surface area is 73.1 Å². The van der Waals surface area contributed by atoms with Crippen molar-refractivity contribution in [2.75, 3.05) is 13.2 Å². The first-order chi connectivity index (χ1) is 5.63. The molecule has 0 aromatic carbocycles. The van der Waals surface area contributed by atoms with Crippen LogP contribution in [0.5, 0.6) is 0 Å². The van der Waals surface area contributed by atoms with Crippen LogP contribution in [0.15, 0.2) is 0 Å². The molecule has 0 unspecified atom stereocenters. The smallest absolute Gasteiger partial charge is 0.185 e. The lowest BCUT2D eigenvalue weighted by molar-refractivity contribution is -0.209. The molecule has 0 heterocycles. The van der Waals surface area contributed by atoms with E-state index < -0.39 is 18.5 Å². The fourth-order valence-electron chi connectivity index (χ4n) is 0.801. The van der Waals surface area contributed by atoms with E-state index in [0.717, 1.165) is 0 Å². The Morgan fingerprint density at radius 1 is 1.08 bits per heavy atom. The van der Waals surface area contributed by atoms with Crippen molar-refractivity contribution >= 4 is 0 Å². The van der Waals surface area contributed by atoms with E-state index >= 15 is 0 Å². The summed E-state index contributed by atoms with van der Waals surface area (Å²) in [4.78, 5) is 0. The molecule has 0 amide bonds. The van der Waals surface area contributed by atoms with E-state index in [0.29, 0.717) is 13.2 Å². The highest BCUT2D eigenvalue weighted by atomic mass is 16.7. The highest BCUT2D eigenvalue weighted by molar-refractivity contribution is 4.65. The average Bonchev–Trinajstić information content (AvgIpc) is 2.03. The number of hydrogen-bond donors (Lipinski definition) is 2. The number of hydrogen-bond acceptors (Lipinski definition) is 4. The summed E-state index contributed by atoms with van der Waals surface area (Å²) in [5.74, 6) is 0. The number of rotatable bonds is 6. The van der Waals surface area contributed by atoms with Crippen molar-refractivity contribution < 1.29 is 19.7 Å². The van der Waals surface area contributed by atoms with Crippen molar-refractivity contribution in [2.24, 2.45) is 0 Å². The van der Waals surface area contributed by atoms with Gasteiger partial charge in [0.05, 0.1) is 6.10 Å². The van der Waals surface area contributed by atoms with Gasteiger partial charge in [-0.3, -0.25) is 0 Å². The molecule has 0 aliphatic heterocycles. The van der Waals surface area contributed by atoms with Crippen molar-refractivity contribution in [1.29, 1.82) is 0 Å². The molecule has 0 rings (SSSR count). The second-order valence-corrected chi connectivity index (χ2v) is 2.51. The third-order valence-electron chi connectivity index (χ3n) is 1.43. The molecule has 0 saturated carbocycles. The Morgan fingerprint density at radius 2 is 1.50 bits per heavy atom. The van der Waals surface area contributed by atoms with Crippen LogP contribution in [0.3, 0.4) is 0 Å². The first-order valence-electron chi connectivity index (χ1n) is 4.22. The fourth-order valence-corrected chi connectivity index (χ4v) is 0.801. The lowest BCUT2D eigenvalue weighted by Crippen LogP contribution is -2.39. The normalized spacial score (nSPS) is 16.5. The standard InChI is InChI=1S/C8H18O4/c1-4-11-8(12-5-2)7(10)6(3)9/h6-10H,4-5H2,1-3H3/t6-,7-/m1/s1. The van der Waals surface area contributed by atoms with Crippen LogP contribution in [-0.2, 0) is 9.47 Å². The summed E-state index contributed by atoms with van der Waals surface area (Å²) < 4.78 is 10.1. The molecule has 4 heteroatoms. The zero-order valence-electron chi connectivity index (χ0n) is 7.86. The SMILES string of the molecule is CCOC(OCC)[C@H](O)[C@@H](C)O. The van der Waals surface area contributed by atoms with Crippen molar-refractivity contribution in [3.8, 4) is 0 Å². The molecule has 0 aromatic heterocycles. The van der Waals surface area contributed by atoms with Crippen molar-refractivity contribution in [1.82, 2.24) is 0 Å². The summed E-state index contributed by atoms with van der Waals surface area (Å²) in [5.41, 5.74) is 0. The van der Waals surface area contributed by atoms with Gasteiger partial charge in [-0.25, -0.2) is 0 Å². The average molecular weight is 178 g/mol. The topological polar surface area (TPSA) is 58.9 Å². The molecule has 4 nitrogen and oxygen atoms in total. The Balaban J connectivity index is 3.89. The van der Waals surface area contributed by atoms with E-state index in [-0.39, 0.29) is 0 Å². The van der Waals surface area contributed by atoms with Gasteiger partial charge < -0.3 is 19.7 Å². The lowest BCUT2D eigenvalue weighted by Gasteiger charge is -2.24. The van der Waals surface area contributed by atoms with Gasteiger partial charge in [0.2, 0.25) is 0 Å². The molecule has 0 bridgehead atoms. The third-order valence-corrected chi connectivity index (χ3v) is 1.43. The van der Waals surface area contributed by atoms with Crippen LogP contribution in [0.4, 0.5) is 0 Å². The maximum atomic E-state index is 9.35. The third kappa shape index (κ3) is 4.01. The Bertz CT molecular complexity index is 99.2. The minimum absolute atomic E-state index is 0.453. The van der Waals surface area contributed by atoms with E-state index in [1.807, 2.05) is 0 Å². The molecular weight excluding hydrogens is 160 g/mol. The number of aliphatic hydroxyl groups excluding tert-OH is 2. The molecule has 0 aromatic rings. The molecule has 12 heavy (non-hydrogen) atoms. The molecule has 0 aliphatic carbocycles. The predicted octanol–water partition coefficient (Wildman–Crippen LogP) is 0.127. The van der Waals surface area contributed by atoms with Crippen molar-refractivity contribution in [2.45, 2.75) is 39.3 Å². The van der Waals surface area contributed by atoms with Crippen LogP contribution >= 0.6 is 0 Å². The summed E-state index contributed by atoms with van der Waals surface area (Å²) in [6, 6.07) is 0. The zero-order valence-corrected chi connectivity index (χ0v) is 7.86. The molecule has 0 spiro atoms. The summed E-state index contributed by atoms with van der Waals surface area (Å²) in [6.07, 6.45) is -2.54. The predicted molar refractivity (Wildman–Crippen MR) is 44.7 cm³/mol. The molecule has 0 aliphatic rings. The van der Waals surface area contributed by atoms with Crippen LogP contribution in [-0.4, -0.2) is 41.9 Å². The van der Waals surface area contributed by atoms with Crippen molar-refractivity contribution in [3.63, 3.8) is 0 Å². The van der Waals surface area contributed by atoms with Gasteiger partial charge in [0.1, 0.15) is 6.10 Å². The van der Waals surface area contributed by atoms with E-state index in [1.54, 1.807) is 13.8 Å². The van der Waals surface area contributed by atoms with E-state index in [2.05, 4.69) is 0 Å². The van der Waals surface area contributed by atoms with Crippen LogP contribution in [0.2, 0.25) is 0 Å². The molecule has 0 radical (unpaired) electrons. The second kappa shape index (κ2) is 6.37. The summed E-state index contributed by atoms with van der Waals surface area (Å²) >= 11 is 0. The van der Waals surface area contributed by atoms with Gasteiger partial charge in [-0.1, -0.05) is 0 Å². The van der Waals surface area contributed by atoms with Crippen LogP contribution in [0, 0.1) is 0 Å². The highest BCUT2D eigenvalue weighted by Gasteiger charge is 2.23. The Morgan fingerprint density at radius 3 is 1.75 bits per heavy atom. The first kappa shape index (κ1) is 11.8. The van der Waals surface area contributed by atoms with E-state index in [9.17, 15) is 5.11 Å². The molecular formula is C8H18O4. The maximum absolute atomic E-state index is 9.35. The Kier molecular flexibility index (Phi) is 6.28. The number of ether oxygens (including phenoxy) is 2. The summed E-state index contributed by atoms with van der Waals surface area (Å²) in [5, 5.41) is 18.4. The maximum Gasteiger partial charge on any atom is 0.185 e. The zero-order chi connectivity index (χ0) is 9.56. The largest absolute Gasteiger partial charge is 0.391 e. The molecule has 0 fully saturated rings. The molecule has 74 valence electrons. The summed E-state index contributed by atoms with van der Waals surface area (Å²) in [7, 11) is 0. The Hall–Kier alpha value is -0.160. The molecule has 2 atom stereocenters. The summed E-state index contributed by atoms with van der Waals surface area (Å²) in [6.45, 7) is 6.01. The lowest BCUT2D eigenvalue weighted by atomic mass is 10.2. The quantitative estimate of drug-likeness (QED) is 0.567. The fraction of sp³-hybridized carbons (Fsp3) is 1.00. The monoisotopic (exact) mass is 178 g/mol. The van der Waals surface area contributed by atoms with Gasteiger partial charge in [0.25, 0.3) is 0 Å². The van der Waals surface area contributed by atoms with E-state index in [4.69, 9.17) is 14.6 Å². The van der Waals surface area contributed by atoms with Crippen molar-refractivity contribution in [3.05, 3.63) is 0 Å². The van der Waals surface area contributed by atoms with Crippen LogP contribution in [0.1, 0.15) is 20.8 Å². The first-order valence-corrected chi connectivity index (χ1v) is 4.22. The van der Waals surface area contributed by atoms with Gasteiger partial charge in [-0.15, -0.1) is 0 Å². The minimum atomic E-state index is -0.982. The number of aliphatic hydroxyl groups is 2.